The van der Waals surface area contributed by atoms with Crippen molar-refractivity contribution >= 4 is 17.7 Å². The van der Waals surface area contributed by atoms with Crippen molar-refractivity contribution in [2.24, 2.45) is 0 Å². The monoisotopic (exact) mass is 239 g/mol. The van der Waals surface area contributed by atoms with Crippen molar-refractivity contribution in [3.05, 3.63) is 30.1 Å². The molecule has 0 amide bonds. The molecule has 0 aliphatic heterocycles. The van der Waals surface area contributed by atoms with Crippen LogP contribution in [0.1, 0.15) is 18.9 Å². The molecule has 0 fully saturated rings. The van der Waals surface area contributed by atoms with Gasteiger partial charge in [-0.3, -0.25) is 9.78 Å². The van der Waals surface area contributed by atoms with E-state index in [1.807, 2.05) is 19.2 Å². The highest BCUT2D eigenvalue weighted by Crippen LogP contribution is 2.16. The third kappa shape index (κ3) is 5.16. The topological polar surface area (TPSA) is 39.2 Å². The van der Waals surface area contributed by atoms with Crippen LogP contribution in [0.25, 0.3) is 0 Å². The van der Waals surface area contributed by atoms with Crippen molar-refractivity contribution in [3.8, 4) is 0 Å². The van der Waals surface area contributed by atoms with Crippen LogP contribution >= 0.6 is 11.8 Å². The number of thioether (sulfide) groups is 1. The second-order valence-electron chi connectivity index (χ2n) is 3.57. The van der Waals surface area contributed by atoms with Gasteiger partial charge in [0.05, 0.1) is 13.5 Å². The summed E-state index contributed by atoms with van der Waals surface area (Å²) in [4.78, 5) is 15.1. The predicted molar refractivity (Wildman–Crippen MR) is 66.5 cm³/mol. The summed E-state index contributed by atoms with van der Waals surface area (Å²) in [6.45, 7) is 2.05. The fourth-order valence-electron chi connectivity index (χ4n) is 1.30. The van der Waals surface area contributed by atoms with Gasteiger partial charge in [0.25, 0.3) is 0 Å². The van der Waals surface area contributed by atoms with Crippen LogP contribution in [0.15, 0.2) is 24.5 Å². The standard InChI is InChI=1S/C12H17NO2S/c1-10(8-12(14)15-2)16-7-5-11-4-3-6-13-9-11/h3-4,6,9-10H,5,7-8H2,1-2H3. The summed E-state index contributed by atoms with van der Waals surface area (Å²) < 4.78 is 4.62. The molecule has 0 saturated carbocycles. The SMILES string of the molecule is COC(=O)CC(C)SCCc1cccnc1. The predicted octanol–water partition coefficient (Wildman–Crippen LogP) is 2.31. The molecule has 1 unspecified atom stereocenters. The largest absolute Gasteiger partial charge is 0.469 e. The maximum atomic E-state index is 11.0. The number of rotatable bonds is 6. The van der Waals surface area contributed by atoms with Gasteiger partial charge in [-0.1, -0.05) is 13.0 Å². The number of carbonyl (C=O) groups is 1. The molecule has 0 bridgehead atoms. The lowest BCUT2D eigenvalue weighted by atomic mass is 10.2. The number of nitrogens with zero attached hydrogens (tertiary/aromatic N) is 1. The number of ether oxygens (including phenoxy) is 1. The van der Waals surface area contributed by atoms with Crippen molar-refractivity contribution in [1.82, 2.24) is 4.98 Å². The van der Waals surface area contributed by atoms with E-state index in [0.717, 1.165) is 12.2 Å². The smallest absolute Gasteiger partial charge is 0.306 e. The third-order valence-corrected chi connectivity index (χ3v) is 3.37. The van der Waals surface area contributed by atoms with Gasteiger partial charge >= 0.3 is 5.97 Å². The molecule has 0 aliphatic rings. The first-order valence-corrected chi connectivity index (χ1v) is 6.34. The van der Waals surface area contributed by atoms with E-state index >= 15 is 0 Å². The van der Waals surface area contributed by atoms with Gasteiger partial charge in [0.15, 0.2) is 0 Å². The minimum Gasteiger partial charge on any atom is -0.469 e. The first kappa shape index (κ1) is 13.0. The number of carbonyl (C=O) groups excluding carboxylic acids is 1. The number of hydrogen-bond acceptors (Lipinski definition) is 4. The molecule has 1 aromatic rings. The Balaban J connectivity index is 2.18. The van der Waals surface area contributed by atoms with E-state index < -0.39 is 0 Å². The van der Waals surface area contributed by atoms with Crippen LogP contribution in [0.4, 0.5) is 0 Å². The number of aryl methyl sites for hydroxylation is 1. The minimum atomic E-state index is -0.138. The summed E-state index contributed by atoms with van der Waals surface area (Å²) in [6, 6.07) is 4.01. The molecular weight excluding hydrogens is 222 g/mol. The summed E-state index contributed by atoms with van der Waals surface area (Å²) in [5.74, 6) is 0.866. The van der Waals surface area contributed by atoms with Gasteiger partial charge in [-0.05, 0) is 23.8 Å². The summed E-state index contributed by atoms with van der Waals surface area (Å²) in [5.41, 5.74) is 1.24. The van der Waals surface area contributed by atoms with Crippen LogP contribution in [0.5, 0.6) is 0 Å². The van der Waals surface area contributed by atoms with E-state index in [-0.39, 0.29) is 5.97 Å². The lowest BCUT2D eigenvalue weighted by Gasteiger charge is -2.09. The average Bonchev–Trinajstić information content (AvgIpc) is 2.30. The molecule has 0 spiro atoms. The van der Waals surface area contributed by atoms with Crippen molar-refractivity contribution in [3.63, 3.8) is 0 Å². The zero-order chi connectivity index (χ0) is 11.8. The Kier molecular flexibility index (Phi) is 5.93. The van der Waals surface area contributed by atoms with Crippen molar-refractivity contribution in [1.29, 1.82) is 0 Å². The van der Waals surface area contributed by atoms with E-state index in [0.29, 0.717) is 11.7 Å². The van der Waals surface area contributed by atoms with Crippen LogP contribution in [-0.4, -0.2) is 29.1 Å². The van der Waals surface area contributed by atoms with E-state index in [1.54, 1.807) is 18.0 Å². The van der Waals surface area contributed by atoms with Gasteiger partial charge in [0.2, 0.25) is 0 Å². The molecule has 0 saturated heterocycles. The maximum absolute atomic E-state index is 11.0. The maximum Gasteiger partial charge on any atom is 0.306 e. The fraction of sp³-hybridized carbons (Fsp3) is 0.500. The van der Waals surface area contributed by atoms with Gasteiger partial charge in [-0.15, -0.1) is 0 Å². The summed E-state index contributed by atoms with van der Waals surface area (Å²) in [7, 11) is 1.43. The van der Waals surface area contributed by atoms with Gasteiger partial charge < -0.3 is 4.74 Å². The van der Waals surface area contributed by atoms with E-state index in [9.17, 15) is 4.79 Å². The number of pyridine rings is 1. The Morgan fingerprint density at radius 3 is 3.06 bits per heavy atom. The second-order valence-corrected chi connectivity index (χ2v) is 5.12. The molecule has 4 heteroatoms. The van der Waals surface area contributed by atoms with E-state index in [4.69, 9.17) is 0 Å². The lowest BCUT2D eigenvalue weighted by molar-refractivity contribution is -0.140. The van der Waals surface area contributed by atoms with Crippen molar-refractivity contribution in [2.45, 2.75) is 25.0 Å². The minimum absolute atomic E-state index is 0.138. The van der Waals surface area contributed by atoms with E-state index in [2.05, 4.69) is 15.8 Å². The molecule has 0 aromatic carbocycles. The lowest BCUT2D eigenvalue weighted by Crippen LogP contribution is -2.09. The highest BCUT2D eigenvalue weighted by atomic mass is 32.2. The van der Waals surface area contributed by atoms with Gasteiger partial charge in [0, 0.05) is 17.6 Å². The number of hydrogen-bond donors (Lipinski definition) is 0. The Bertz CT molecular complexity index is 316. The van der Waals surface area contributed by atoms with Crippen LogP contribution < -0.4 is 0 Å². The van der Waals surface area contributed by atoms with Gasteiger partial charge in [0.1, 0.15) is 0 Å². The normalized spacial score (nSPS) is 12.1. The van der Waals surface area contributed by atoms with E-state index in [1.165, 1.54) is 12.7 Å². The molecule has 1 rings (SSSR count). The molecule has 1 atom stereocenters. The molecule has 1 aromatic heterocycles. The molecule has 1 heterocycles. The van der Waals surface area contributed by atoms with Crippen molar-refractivity contribution in [2.75, 3.05) is 12.9 Å². The molecule has 0 aliphatic carbocycles. The van der Waals surface area contributed by atoms with Crippen LogP contribution in [0, 0.1) is 0 Å². The third-order valence-electron chi connectivity index (χ3n) is 2.20. The van der Waals surface area contributed by atoms with Gasteiger partial charge in [-0.2, -0.15) is 11.8 Å². The zero-order valence-electron chi connectivity index (χ0n) is 9.68. The molecule has 3 nitrogen and oxygen atoms in total. The first-order valence-electron chi connectivity index (χ1n) is 5.29. The number of methoxy groups -OCH3 is 1. The van der Waals surface area contributed by atoms with Gasteiger partial charge in [-0.25, -0.2) is 0 Å². The Morgan fingerprint density at radius 1 is 1.62 bits per heavy atom. The summed E-state index contributed by atoms with van der Waals surface area (Å²) in [6.07, 6.45) is 5.13. The first-order chi connectivity index (χ1) is 7.72. The highest BCUT2D eigenvalue weighted by molar-refractivity contribution is 7.99. The summed E-state index contributed by atoms with van der Waals surface area (Å²) in [5, 5.41) is 0.309. The Morgan fingerprint density at radius 2 is 2.44 bits per heavy atom. The molecule has 0 N–H and O–H groups in total. The molecule has 0 radical (unpaired) electrons. The number of esters is 1. The average molecular weight is 239 g/mol. The quantitative estimate of drug-likeness (QED) is 0.714. The van der Waals surface area contributed by atoms with Crippen LogP contribution in [0.2, 0.25) is 0 Å². The van der Waals surface area contributed by atoms with Crippen molar-refractivity contribution < 1.29 is 9.53 Å². The Hall–Kier alpha value is -1.03. The zero-order valence-corrected chi connectivity index (χ0v) is 10.5. The van der Waals surface area contributed by atoms with Crippen LogP contribution in [-0.2, 0) is 16.0 Å². The molecule has 88 valence electrons. The fourth-order valence-corrected chi connectivity index (χ4v) is 2.31. The number of aromatic nitrogens is 1. The van der Waals surface area contributed by atoms with Crippen LogP contribution in [0.3, 0.4) is 0 Å². The summed E-state index contributed by atoms with van der Waals surface area (Å²) >= 11 is 1.79. The molecule has 16 heavy (non-hydrogen) atoms. The highest BCUT2D eigenvalue weighted by Gasteiger charge is 2.09. The second kappa shape index (κ2) is 7.28. The Labute approximate surface area is 101 Å². The molecular formula is C12H17NO2S.